The summed E-state index contributed by atoms with van der Waals surface area (Å²) in [7, 11) is 1.87. The fraction of sp³-hybridized carbons (Fsp3) is 0.571. The Labute approximate surface area is 74.5 Å². The van der Waals surface area contributed by atoms with E-state index in [1.807, 2.05) is 13.2 Å². The van der Waals surface area contributed by atoms with Crippen LogP contribution in [0.2, 0.25) is 0 Å². The maximum absolute atomic E-state index is 5.35. The molecule has 0 amide bonds. The quantitative estimate of drug-likeness (QED) is 0.567. The number of alkyl halides is 1. The molecule has 0 aromatic carbocycles. The third kappa shape index (κ3) is 2.93. The van der Waals surface area contributed by atoms with Gasteiger partial charge in [-0.25, -0.2) is 0 Å². The molecule has 0 aliphatic carbocycles. The molecule has 0 radical (unpaired) electrons. The topological polar surface area (TPSA) is 27.1 Å². The largest absolute Gasteiger partial charge is 0.490 e. The zero-order valence-electron chi connectivity index (χ0n) is 6.46. The molecule has 0 saturated carbocycles. The number of halogens is 1. The Kier molecular flexibility index (Phi) is 3.42. The van der Waals surface area contributed by atoms with E-state index in [-0.39, 0.29) is 0 Å². The maximum Gasteiger partial charge on any atom is 0.157 e. The van der Waals surface area contributed by atoms with Crippen LogP contribution >= 0.6 is 15.9 Å². The molecule has 0 atom stereocenters. The van der Waals surface area contributed by atoms with Gasteiger partial charge in [0.05, 0.1) is 19.0 Å². The third-order valence-electron chi connectivity index (χ3n) is 1.23. The van der Waals surface area contributed by atoms with Crippen LogP contribution < -0.4 is 4.74 Å². The second-order valence-corrected chi connectivity index (χ2v) is 3.03. The van der Waals surface area contributed by atoms with Gasteiger partial charge in [0.25, 0.3) is 0 Å². The molecule has 0 N–H and O–H groups in total. The van der Waals surface area contributed by atoms with E-state index in [0.717, 1.165) is 24.1 Å². The number of hydrogen-bond donors (Lipinski definition) is 0. The van der Waals surface area contributed by atoms with E-state index in [1.165, 1.54) is 0 Å². The molecule has 0 spiro atoms. The lowest BCUT2D eigenvalue weighted by Gasteiger charge is -1.98. The summed E-state index contributed by atoms with van der Waals surface area (Å²) in [4.78, 5) is 0. The monoisotopic (exact) mass is 218 g/mol. The van der Waals surface area contributed by atoms with Crippen molar-refractivity contribution in [1.82, 2.24) is 9.78 Å². The van der Waals surface area contributed by atoms with Crippen LogP contribution in [-0.4, -0.2) is 21.7 Å². The molecule has 1 heterocycles. The Morgan fingerprint density at radius 2 is 2.55 bits per heavy atom. The summed E-state index contributed by atoms with van der Waals surface area (Å²) in [6, 6.07) is 0. The van der Waals surface area contributed by atoms with E-state index >= 15 is 0 Å². The average molecular weight is 219 g/mol. The Hall–Kier alpha value is -0.510. The number of hydrogen-bond acceptors (Lipinski definition) is 2. The van der Waals surface area contributed by atoms with Crippen LogP contribution in [0.25, 0.3) is 0 Å². The van der Waals surface area contributed by atoms with Gasteiger partial charge in [-0.1, -0.05) is 15.9 Å². The molecular weight excluding hydrogens is 208 g/mol. The second-order valence-electron chi connectivity index (χ2n) is 2.24. The second kappa shape index (κ2) is 4.38. The summed E-state index contributed by atoms with van der Waals surface area (Å²) in [5, 5.41) is 4.95. The SMILES string of the molecule is Cn1cc(OCCCBr)cn1. The predicted octanol–water partition coefficient (Wildman–Crippen LogP) is 1.58. The van der Waals surface area contributed by atoms with E-state index in [0.29, 0.717) is 0 Å². The van der Waals surface area contributed by atoms with Crippen molar-refractivity contribution in [1.29, 1.82) is 0 Å². The Morgan fingerprint density at radius 1 is 1.73 bits per heavy atom. The standard InChI is InChI=1S/C7H11BrN2O/c1-10-6-7(5-9-10)11-4-2-3-8/h5-6H,2-4H2,1H3. The average Bonchev–Trinajstić information content (AvgIpc) is 2.37. The molecule has 0 unspecified atom stereocenters. The molecule has 62 valence electrons. The Bertz CT molecular complexity index is 212. The van der Waals surface area contributed by atoms with Gasteiger partial charge in [0.1, 0.15) is 0 Å². The summed E-state index contributed by atoms with van der Waals surface area (Å²) in [5.41, 5.74) is 0. The van der Waals surface area contributed by atoms with Crippen LogP contribution in [-0.2, 0) is 7.05 Å². The minimum atomic E-state index is 0.747. The molecule has 1 rings (SSSR count). The minimum Gasteiger partial charge on any atom is -0.490 e. The highest BCUT2D eigenvalue weighted by Gasteiger charge is 1.94. The number of rotatable bonds is 4. The van der Waals surface area contributed by atoms with E-state index in [9.17, 15) is 0 Å². The maximum atomic E-state index is 5.35. The van der Waals surface area contributed by atoms with Crippen LogP contribution in [0.5, 0.6) is 5.75 Å². The van der Waals surface area contributed by atoms with Crippen LogP contribution in [0.1, 0.15) is 6.42 Å². The van der Waals surface area contributed by atoms with Crippen molar-refractivity contribution in [3.05, 3.63) is 12.4 Å². The summed E-state index contributed by atoms with van der Waals surface area (Å²) >= 11 is 3.33. The molecule has 0 aliphatic heterocycles. The van der Waals surface area contributed by atoms with Gasteiger partial charge in [-0.3, -0.25) is 4.68 Å². The first-order valence-corrected chi connectivity index (χ1v) is 4.62. The van der Waals surface area contributed by atoms with E-state index in [1.54, 1.807) is 10.9 Å². The lowest BCUT2D eigenvalue weighted by molar-refractivity contribution is 0.319. The zero-order chi connectivity index (χ0) is 8.10. The first-order valence-electron chi connectivity index (χ1n) is 3.50. The molecule has 4 heteroatoms. The molecule has 3 nitrogen and oxygen atoms in total. The van der Waals surface area contributed by atoms with Crippen molar-refractivity contribution in [2.24, 2.45) is 7.05 Å². The van der Waals surface area contributed by atoms with Gasteiger partial charge < -0.3 is 4.74 Å². The summed E-state index contributed by atoms with van der Waals surface area (Å²) in [6.07, 6.45) is 4.59. The van der Waals surface area contributed by atoms with Crippen molar-refractivity contribution < 1.29 is 4.74 Å². The zero-order valence-corrected chi connectivity index (χ0v) is 8.04. The highest BCUT2D eigenvalue weighted by molar-refractivity contribution is 9.09. The van der Waals surface area contributed by atoms with Crippen molar-refractivity contribution in [3.8, 4) is 5.75 Å². The molecule has 0 aliphatic rings. The van der Waals surface area contributed by atoms with Crippen molar-refractivity contribution in [2.75, 3.05) is 11.9 Å². The number of ether oxygens (including phenoxy) is 1. The third-order valence-corrected chi connectivity index (χ3v) is 1.79. The predicted molar refractivity (Wildman–Crippen MR) is 47.1 cm³/mol. The molecule has 0 bridgehead atoms. The summed E-state index contributed by atoms with van der Waals surface area (Å²) < 4.78 is 7.08. The van der Waals surface area contributed by atoms with E-state index in [4.69, 9.17) is 4.74 Å². The van der Waals surface area contributed by atoms with Crippen LogP contribution in [0, 0.1) is 0 Å². The van der Waals surface area contributed by atoms with Crippen molar-refractivity contribution >= 4 is 15.9 Å². The fourth-order valence-corrected chi connectivity index (χ4v) is 0.947. The molecule has 0 fully saturated rings. The van der Waals surface area contributed by atoms with Gasteiger partial charge in [-0.05, 0) is 6.42 Å². The normalized spacial score (nSPS) is 10.0. The summed E-state index contributed by atoms with van der Waals surface area (Å²) in [5.74, 6) is 0.841. The Morgan fingerprint density at radius 3 is 3.09 bits per heavy atom. The number of nitrogens with zero attached hydrogens (tertiary/aromatic N) is 2. The van der Waals surface area contributed by atoms with Crippen molar-refractivity contribution in [2.45, 2.75) is 6.42 Å². The molecule has 1 aromatic heterocycles. The van der Waals surface area contributed by atoms with Crippen molar-refractivity contribution in [3.63, 3.8) is 0 Å². The highest BCUT2D eigenvalue weighted by Crippen LogP contribution is 2.06. The van der Waals surface area contributed by atoms with Crippen LogP contribution in [0.4, 0.5) is 0 Å². The number of aromatic nitrogens is 2. The lowest BCUT2D eigenvalue weighted by atomic mass is 10.5. The van der Waals surface area contributed by atoms with Gasteiger partial charge in [0, 0.05) is 12.4 Å². The smallest absolute Gasteiger partial charge is 0.157 e. The summed E-state index contributed by atoms with van der Waals surface area (Å²) in [6.45, 7) is 0.747. The molecule has 1 aromatic rings. The molecular formula is C7H11BrN2O. The van der Waals surface area contributed by atoms with Crippen LogP contribution in [0.3, 0.4) is 0 Å². The van der Waals surface area contributed by atoms with E-state index < -0.39 is 0 Å². The first kappa shape index (κ1) is 8.59. The molecule has 0 saturated heterocycles. The van der Waals surface area contributed by atoms with Gasteiger partial charge in [0.2, 0.25) is 0 Å². The number of aryl methyl sites for hydroxylation is 1. The Balaban J connectivity index is 2.27. The van der Waals surface area contributed by atoms with Gasteiger partial charge in [-0.15, -0.1) is 0 Å². The van der Waals surface area contributed by atoms with Gasteiger partial charge in [-0.2, -0.15) is 5.10 Å². The van der Waals surface area contributed by atoms with E-state index in [2.05, 4.69) is 21.0 Å². The van der Waals surface area contributed by atoms with Gasteiger partial charge in [0.15, 0.2) is 5.75 Å². The fourth-order valence-electron chi connectivity index (χ4n) is 0.718. The lowest BCUT2D eigenvalue weighted by Crippen LogP contribution is -1.96. The minimum absolute atomic E-state index is 0.747. The highest BCUT2D eigenvalue weighted by atomic mass is 79.9. The first-order chi connectivity index (χ1) is 5.33. The van der Waals surface area contributed by atoms with Gasteiger partial charge >= 0.3 is 0 Å². The molecule has 11 heavy (non-hydrogen) atoms. The van der Waals surface area contributed by atoms with Crippen LogP contribution in [0.15, 0.2) is 12.4 Å².